The zero-order valence-corrected chi connectivity index (χ0v) is 13.5. The highest BCUT2D eigenvalue weighted by Crippen LogP contribution is 2.30. The summed E-state index contributed by atoms with van der Waals surface area (Å²) in [6, 6.07) is 9.18. The molecule has 5 nitrogen and oxygen atoms in total. The van der Waals surface area contributed by atoms with Gasteiger partial charge in [0.25, 0.3) is 0 Å². The van der Waals surface area contributed by atoms with Gasteiger partial charge in [-0.2, -0.15) is 4.52 Å². The molecule has 4 rings (SSSR count). The summed E-state index contributed by atoms with van der Waals surface area (Å²) in [6.07, 6.45) is 2.85. The number of anilines is 1. The molecule has 7 heteroatoms. The summed E-state index contributed by atoms with van der Waals surface area (Å²) in [5, 5.41) is 5.41. The van der Waals surface area contributed by atoms with E-state index < -0.39 is 0 Å². The molecule has 1 aliphatic rings. The van der Waals surface area contributed by atoms with Crippen molar-refractivity contribution >= 4 is 40.4 Å². The van der Waals surface area contributed by atoms with Crippen molar-refractivity contribution in [2.24, 2.45) is 0 Å². The standard InChI is InChI=1S/C16H12Cl2N4O/c17-11-4-3-9(6-12(11)18)10-7-14(19)22-15(8-10)20-16(21-22)13-2-1-5-23-13/h2-4,6-8H,1,5,19H2. The monoisotopic (exact) mass is 346 g/mol. The van der Waals surface area contributed by atoms with E-state index in [9.17, 15) is 0 Å². The maximum Gasteiger partial charge on any atom is 0.217 e. The van der Waals surface area contributed by atoms with Crippen LogP contribution in [0.3, 0.4) is 0 Å². The Hall–Kier alpha value is -2.24. The molecule has 0 fully saturated rings. The molecule has 1 aliphatic heterocycles. The lowest BCUT2D eigenvalue weighted by atomic mass is 10.1. The maximum absolute atomic E-state index is 6.12. The summed E-state index contributed by atoms with van der Waals surface area (Å²) < 4.78 is 7.10. The minimum absolute atomic E-state index is 0.487. The van der Waals surface area contributed by atoms with Crippen LogP contribution in [0.4, 0.5) is 5.82 Å². The normalized spacial score (nSPS) is 14.1. The number of aromatic nitrogens is 3. The first-order chi connectivity index (χ1) is 11.1. The molecule has 3 heterocycles. The smallest absolute Gasteiger partial charge is 0.217 e. The van der Waals surface area contributed by atoms with Gasteiger partial charge in [-0.3, -0.25) is 0 Å². The Labute approximate surface area is 142 Å². The Morgan fingerprint density at radius 3 is 2.70 bits per heavy atom. The van der Waals surface area contributed by atoms with E-state index >= 15 is 0 Å². The molecule has 23 heavy (non-hydrogen) atoms. The number of nitrogens with zero attached hydrogens (tertiary/aromatic N) is 3. The predicted octanol–water partition coefficient (Wildman–Crippen LogP) is 4.05. The third-order valence-electron chi connectivity index (χ3n) is 3.64. The summed E-state index contributed by atoms with van der Waals surface area (Å²) in [7, 11) is 0. The van der Waals surface area contributed by atoms with Crippen molar-refractivity contribution in [3.8, 4) is 11.1 Å². The predicted molar refractivity (Wildman–Crippen MR) is 91.4 cm³/mol. The lowest BCUT2D eigenvalue weighted by molar-refractivity contribution is 0.305. The summed E-state index contributed by atoms with van der Waals surface area (Å²) in [6.45, 7) is 0.662. The number of ether oxygens (including phenoxy) is 1. The van der Waals surface area contributed by atoms with E-state index in [1.165, 1.54) is 0 Å². The lowest BCUT2D eigenvalue weighted by Gasteiger charge is -2.06. The van der Waals surface area contributed by atoms with Gasteiger partial charge in [0.05, 0.1) is 16.7 Å². The largest absolute Gasteiger partial charge is 0.490 e. The first-order valence-electron chi connectivity index (χ1n) is 7.07. The molecule has 3 aromatic rings. The molecular formula is C16H12Cl2N4O. The van der Waals surface area contributed by atoms with Crippen molar-refractivity contribution < 1.29 is 4.74 Å². The van der Waals surface area contributed by atoms with Crippen molar-refractivity contribution in [3.05, 3.63) is 52.3 Å². The summed E-state index contributed by atoms with van der Waals surface area (Å²) in [5.74, 6) is 1.73. The average Bonchev–Trinajstić information content (AvgIpc) is 3.18. The zero-order chi connectivity index (χ0) is 16.0. The van der Waals surface area contributed by atoms with Gasteiger partial charge in [-0.25, -0.2) is 4.98 Å². The van der Waals surface area contributed by atoms with Crippen LogP contribution in [-0.4, -0.2) is 21.2 Å². The molecule has 1 aromatic carbocycles. The Balaban J connectivity index is 1.84. The van der Waals surface area contributed by atoms with Gasteiger partial charge in [-0.1, -0.05) is 29.3 Å². The number of rotatable bonds is 2. The van der Waals surface area contributed by atoms with Gasteiger partial charge in [0.15, 0.2) is 11.4 Å². The van der Waals surface area contributed by atoms with Crippen molar-refractivity contribution in [1.82, 2.24) is 14.6 Å². The fraction of sp³-hybridized carbons (Fsp3) is 0.125. The second kappa shape index (κ2) is 5.44. The second-order valence-electron chi connectivity index (χ2n) is 5.21. The first kappa shape index (κ1) is 14.4. The minimum atomic E-state index is 0.487. The Kier molecular flexibility index (Phi) is 3.39. The topological polar surface area (TPSA) is 65.4 Å². The fourth-order valence-corrected chi connectivity index (χ4v) is 2.83. The molecule has 0 atom stereocenters. The van der Waals surface area contributed by atoms with E-state index in [1.54, 1.807) is 16.6 Å². The van der Waals surface area contributed by atoms with Crippen LogP contribution in [0.25, 0.3) is 22.5 Å². The Bertz CT molecular complexity index is 949. The molecule has 0 bridgehead atoms. The summed E-state index contributed by atoms with van der Waals surface area (Å²) in [5.41, 5.74) is 8.57. The van der Waals surface area contributed by atoms with Gasteiger partial charge in [0, 0.05) is 6.42 Å². The van der Waals surface area contributed by atoms with Gasteiger partial charge in [0.2, 0.25) is 5.82 Å². The number of nitrogen functional groups attached to an aromatic ring is 1. The van der Waals surface area contributed by atoms with Crippen LogP contribution in [0.5, 0.6) is 0 Å². The van der Waals surface area contributed by atoms with Crippen LogP contribution < -0.4 is 5.73 Å². The van der Waals surface area contributed by atoms with Gasteiger partial charge in [-0.05, 0) is 41.5 Å². The molecule has 2 N–H and O–H groups in total. The molecule has 0 unspecified atom stereocenters. The van der Waals surface area contributed by atoms with Crippen LogP contribution in [0.2, 0.25) is 10.0 Å². The Morgan fingerprint density at radius 2 is 1.96 bits per heavy atom. The average molecular weight is 347 g/mol. The van der Waals surface area contributed by atoms with Crippen LogP contribution >= 0.6 is 23.2 Å². The van der Waals surface area contributed by atoms with Gasteiger partial charge >= 0.3 is 0 Å². The number of pyridine rings is 1. The van der Waals surface area contributed by atoms with Crippen molar-refractivity contribution in [2.75, 3.05) is 12.3 Å². The molecule has 0 aliphatic carbocycles. The highest BCUT2D eigenvalue weighted by Gasteiger charge is 2.16. The lowest BCUT2D eigenvalue weighted by Crippen LogP contribution is -1.99. The summed E-state index contributed by atoms with van der Waals surface area (Å²) >= 11 is 12.1. The number of benzene rings is 1. The maximum atomic E-state index is 6.12. The fourth-order valence-electron chi connectivity index (χ4n) is 2.53. The summed E-state index contributed by atoms with van der Waals surface area (Å²) in [4.78, 5) is 4.50. The van der Waals surface area contributed by atoms with Crippen LogP contribution in [0, 0.1) is 0 Å². The molecule has 116 valence electrons. The SMILES string of the molecule is Nc1cc(-c2ccc(Cl)c(Cl)c2)cc2nc(C3=CCCO3)nn12. The van der Waals surface area contributed by atoms with E-state index in [0.717, 1.165) is 17.5 Å². The highest BCUT2D eigenvalue weighted by molar-refractivity contribution is 6.42. The van der Waals surface area contributed by atoms with Crippen LogP contribution in [-0.2, 0) is 4.74 Å². The van der Waals surface area contributed by atoms with E-state index in [-0.39, 0.29) is 0 Å². The highest BCUT2D eigenvalue weighted by atomic mass is 35.5. The van der Waals surface area contributed by atoms with E-state index in [2.05, 4.69) is 10.1 Å². The van der Waals surface area contributed by atoms with E-state index in [0.29, 0.717) is 39.7 Å². The zero-order valence-electron chi connectivity index (χ0n) is 12.0. The number of hydrogen-bond donors (Lipinski definition) is 1. The molecule has 0 amide bonds. The molecule has 2 aromatic heterocycles. The molecule has 0 spiro atoms. The third kappa shape index (κ3) is 2.52. The van der Waals surface area contributed by atoms with Crippen LogP contribution in [0.15, 0.2) is 36.4 Å². The minimum Gasteiger partial charge on any atom is -0.490 e. The molecule has 0 saturated carbocycles. The molecular weight excluding hydrogens is 335 g/mol. The van der Waals surface area contributed by atoms with Gasteiger partial charge in [-0.15, -0.1) is 5.10 Å². The molecule has 0 radical (unpaired) electrons. The van der Waals surface area contributed by atoms with E-state index in [1.807, 2.05) is 24.3 Å². The second-order valence-corrected chi connectivity index (χ2v) is 6.02. The number of halogens is 2. The van der Waals surface area contributed by atoms with Gasteiger partial charge in [0.1, 0.15) is 5.82 Å². The molecule has 0 saturated heterocycles. The number of fused-ring (bicyclic) bond motifs is 1. The quantitative estimate of drug-likeness (QED) is 0.760. The van der Waals surface area contributed by atoms with E-state index in [4.69, 9.17) is 33.7 Å². The Morgan fingerprint density at radius 1 is 1.09 bits per heavy atom. The van der Waals surface area contributed by atoms with Gasteiger partial charge < -0.3 is 10.5 Å². The third-order valence-corrected chi connectivity index (χ3v) is 4.38. The number of hydrogen-bond acceptors (Lipinski definition) is 4. The first-order valence-corrected chi connectivity index (χ1v) is 7.82. The van der Waals surface area contributed by atoms with Crippen molar-refractivity contribution in [1.29, 1.82) is 0 Å². The van der Waals surface area contributed by atoms with Crippen LogP contribution in [0.1, 0.15) is 12.2 Å². The van der Waals surface area contributed by atoms with Crippen molar-refractivity contribution in [2.45, 2.75) is 6.42 Å². The number of nitrogens with two attached hydrogens (primary N) is 1. The van der Waals surface area contributed by atoms with Crippen molar-refractivity contribution in [3.63, 3.8) is 0 Å².